The lowest BCUT2D eigenvalue weighted by Crippen LogP contribution is -2.20. The van der Waals surface area contributed by atoms with E-state index >= 15 is 0 Å². The van der Waals surface area contributed by atoms with E-state index < -0.39 is 5.56 Å². The molecule has 0 bridgehead atoms. The van der Waals surface area contributed by atoms with Crippen LogP contribution in [-0.2, 0) is 0 Å². The Morgan fingerprint density at radius 3 is 2.20 bits per heavy atom. The first-order valence-electron chi connectivity index (χ1n) is 10.2. The number of aromatic amines is 1. The molecule has 1 atom stereocenters. The molecule has 3 rings (SSSR count). The summed E-state index contributed by atoms with van der Waals surface area (Å²) in [5.41, 5.74) is 2.16. The minimum atomic E-state index is -0.427. The summed E-state index contributed by atoms with van der Waals surface area (Å²) in [5.74, 6) is 0.0704. The van der Waals surface area contributed by atoms with Gasteiger partial charge in [0, 0.05) is 24.7 Å². The fourth-order valence-electron chi connectivity index (χ4n) is 3.52. The second-order valence-electron chi connectivity index (χ2n) is 7.32. The highest BCUT2D eigenvalue weighted by Gasteiger charge is 2.15. The van der Waals surface area contributed by atoms with Gasteiger partial charge in [0.15, 0.2) is 4.77 Å². The van der Waals surface area contributed by atoms with Gasteiger partial charge in [-0.25, -0.2) is 0 Å². The predicted molar refractivity (Wildman–Crippen MR) is 124 cm³/mol. The molecule has 1 heterocycles. The van der Waals surface area contributed by atoms with Gasteiger partial charge in [-0.05, 0) is 43.1 Å². The summed E-state index contributed by atoms with van der Waals surface area (Å²) in [6, 6.07) is 20.6. The van der Waals surface area contributed by atoms with Crippen LogP contribution >= 0.6 is 12.2 Å². The van der Waals surface area contributed by atoms with Gasteiger partial charge in [-0.15, -0.1) is 0 Å². The van der Waals surface area contributed by atoms with Crippen molar-refractivity contribution in [3.8, 4) is 5.88 Å². The van der Waals surface area contributed by atoms with Gasteiger partial charge in [-0.1, -0.05) is 67.6 Å². The predicted octanol–water partition coefficient (Wildman–Crippen LogP) is 5.22. The summed E-state index contributed by atoms with van der Waals surface area (Å²) in [5, 5.41) is 10.6. The van der Waals surface area contributed by atoms with Crippen LogP contribution in [0.1, 0.15) is 55.3 Å². The van der Waals surface area contributed by atoms with E-state index in [4.69, 9.17) is 12.2 Å². The number of aromatic nitrogens is 2. The van der Waals surface area contributed by atoms with Gasteiger partial charge in [0.2, 0.25) is 5.88 Å². The Balaban J connectivity index is 1.82. The van der Waals surface area contributed by atoms with Gasteiger partial charge in [0.05, 0.1) is 0 Å². The van der Waals surface area contributed by atoms with Crippen LogP contribution in [0.15, 0.2) is 70.5 Å². The molecule has 0 unspecified atom stereocenters. The maximum Gasteiger partial charge on any atom is 0.264 e. The quantitative estimate of drug-likeness (QED) is 0.387. The van der Waals surface area contributed by atoms with Crippen LogP contribution in [0.4, 0.5) is 0 Å². The van der Waals surface area contributed by atoms with Crippen LogP contribution < -0.4 is 5.56 Å². The van der Waals surface area contributed by atoms with Gasteiger partial charge >= 0.3 is 0 Å². The zero-order valence-corrected chi connectivity index (χ0v) is 18.1. The van der Waals surface area contributed by atoms with E-state index in [1.54, 1.807) is 4.57 Å². The summed E-state index contributed by atoms with van der Waals surface area (Å²) in [4.78, 5) is 19.4. The Labute approximate surface area is 181 Å². The summed E-state index contributed by atoms with van der Waals surface area (Å²) < 4.78 is 1.78. The maximum absolute atomic E-state index is 12.3. The van der Waals surface area contributed by atoms with Crippen molar-refractivity contribution in [1.82, 2.24) is 9.55 Å². The van der Waals surface area contributed by atoms with Crippen molar-refractivity contribution in [3.63, 3.8) is 0 Å². The third-order valence-electron chi connectivity index (χ3n) is 5.36. The number of rotatable bonds is 8. The number of nitrogens with one attached hydrogen (secondary N) is 1. The number of H-pyrrole nitrogens is 1. The average molecular weight is 422 g/mol. The van der Waals surface area contributed by atoms with Crippen LogP contribution in [0.3, 0.4) is 0 Å². The lowest BCUT2D eigenvalue weighted by Gasteiger charge is -2.17. The third kappa shape index (κ3) is 4.94. The number of nitrogens with zero attached hydrogens (tertiary/aromatic N) is 2. The highest BCUT2D eigenvalue weighted by molar-refractivity contribution is 7.71. The number of aromatic hydroxyl groups is 1. The molecule has 30 heavy (non-hydrogen) atoms. The Hall–Kier alpha value is -2.99. The largest absolute Gasteiger partial charge is 0.494 e. The molecule has 0 aliphatic carbocycles. The second kappa shape index (κ2) is 10.2. The molecule has 5 nitrogen and oxygen atoms in total. The van der Waals surface area contributed by atoms with Crippen LogP contribution in [0.2, 0.25) is 0 Å². The fraction of sp³-hybridized carbons (Fsp3) is 0.292. The van der Waals surface area contributed by atoms with Gasteiger partial charge in [0.25, 0.3) is 5.56 Å². The SMILES string of the molecule is CC[C@@H](C)n1c(O)c(C=NCCC(c2ccccc2)c2ccccc2)c(=O)[nH]c1=S. The first-order chi connectivity index (χ1) is 14.5. The van der Waals surface area contributed by atoms with Crippen molar-refractivity contribution in [2.45, 2.75) is 38.6 Å². The van der Waals surface area contributed by atoms with Gasteiger partial charge in [-0.3, -0.25) is 19.3 Å². The molecule has 0 amide bonds. The average Bonchev–Trinajstić information content (AvgIpc) is 2.76. The molecular weight excluding hydrogens is 394 g/mol. The minimum Gasteiger partial charge on any atom is -0.494 e. The molecule has 1 aromatic heterocycles. The molecule has 0 aliphatic heterocycles. The lowest BCUT2D eigenvalue weighted by atomic mass is 9.89. The number of hydrogen-bond acceptors (Lipinski definition) is 4. The highest BCUT2D eigenvalue weighted by atomic mass is 32.1. The molecule has 156 valence electrons. The van der Waals surface area contributed by atoms with E-state index in [0.29, 0.717) is 6.54 Å². The molecule has 0 spiro atoms. The molecule has 0 aliphatic rings. The molecule has 2 N–H and O–H groups in total. The van der Waals surface area contributed by atoms with Crippen LogP contribution in [0, 0.1) is 4.77 Å². The first-order valence-corrected chi connectivity index (χ1v) is 10.6. The molecule has 6 heteroatoms. The summed E-state index contributed by atoms with van der Waals surface area (Å²) in [7, 11) is 0. The van der Waals surface area contributed by atoms with E-state index in [9.17, 15) is 9.90 Å². The molecule has 0 saturated heterocycles. The Morgan fingerprint density at radius 2 is 1.67 bits per heavy atom. The standard InChI is InChI=1S/C24H27N3O2S/c1-3-17(2)27-23(29)21(22(28)26-24(27)30)16-25-15-14-20(18-10-6-4-7-11-18)19-12-8-5-9-13-19/h4-13,16-17,20,29H,3,14-15H2,1-2H3,(H,26,28,30)/t17-/m1/s1. The van der Waals surface area contributed by atoms with E-state index in [0.717, 1.165) is 12.8 Å². The van der Waals surface area contributed by atoms with Crippen molar-refractivity contribution in [3.05, 3.63) is 92.5 Å². The Bertz CT molecular complexity index is 1070. The van der Waals surface area contributed by atoms with Crippen molar-refractivity contribution >= 4 is 18.4 Å². The van der Waals surface area contributed by atoms with Crippen molar-refractivity contribution in [2.75, 3.05) is 6.54 Å². The van der Waals surface area contributed by atoms with Gasteiger partial charge < -0.3 is 5.11 Å². The molecule has 0 fully saturated rings. The Kier molecular flexibility index (Phi) is 7.36. The molecular formula is C24H27N3O2S. The first kappa shape index (κ1) is 21.7. The highest BCUT2D eigenvalue weighted by Crippen LogP contribution is 2.28. The van der Waals surface area contributed by atoms with Crippen molar-refractivity contribution < 1.29 is 5.11 Å². The van der Waals surface area contributed by atoms with E-state index in [1.165, 1.54) is 17.3 Å². The van der Waals surface area contributed by atoms with Crippen LogP contribution in [-0.4, -0.2) is 27.4 Å². The van der Waals surface area contributed by atoms with Crippen LogP contribution in [0.5, 0.6) is 5.88 Å². The number of hydrogen-bond donors (Lipinski definition) is 2. The monoisotopic (exact) mass is 421 g/mol. The van der Waals surface area contributed by atoms with Crippen LogP contribution in [0.25, 0.3) is 0 Å². The topological polar surface area (TPSA) is 70.4 Å². The summed E-state index contributed by atoms with van der Waals surface area (Å²) >= 11 is 5.21. The van der Waals surface area contributed by atoms with Crippen molar-refractivity contribution in [1.29, 1.82) is 0 Å². The van der Waals surface area contributed by atoms with Gasteiger partial charge in [-0.2, -0.15) is 0 Å². The van der Waals surface area contributed by atoms with E-state index in [2.05, 4.69) is 34.2 Å². The normalized spacial score (nSPS) is 12.5. The zero-order chi connectivity index (χ0) is 21.5. The molecule has 2 aromatic carbocycles. The van der Waals surface area contributed by atoms with Crippen molar-refractivity contribution in [2.24, 2.45) is 4.99 Å². The Morgan fingerprint density at radius 1 is 1.10 bits per heavy atom. The molecule has 3 aromatic rings. The second-order valence-corrected chi connectivity index (χ2v) is 7.71. The number of aliphatic imine (C=N–C) groups is 1. The minimum absolute atomic E-state index is 0.0259. The zero-order valence-electron chi connectivity index (χ0n) is 17.3. The summed E-state index contributed by atoms with van der Waals surface area (Å²) in [6.07, 6.45) is 3.02. The molecule has 0 saturated carbocycles. The summed E-state index contributed by atoms with van der Waals surface area (Å²) in [6.45, 7) is 4.46. The van der Waals surface area contributed by atoms with E-state index in [-0.39, 0.29) is 28.2 Å². The fourth-order valence-corrected chi connectivity index (χ4v) is 3.88. The van der Waals surface area contributed by atoms with E-state index in [1.807, 2.05) is 50.2 Å². The maximum atomic E-state index is 12.3. The smallest absolute Gasteiger partial charge is 0.264 e. The van der Waals surface area contributed by atoms with Gasteiger partial charge in [0.1, 0.15) is 5.56 Å². The number of benzene rings is 2. The molecule has 0 radical (unpaired) electrons. The third-order valence-corrected chi connectivity index (χ3v) is 5.65. The lowest BCUT2D eigenvalue weighted by molar-refractivity contribution is 0.371.